The molecule has 0 amide bonds. The number of aromatic amines is 3. The Morgan fingerprint density at radius 3 is 2.38 bits per heavy atom. The van der Waals surface area contributed by atoms with E-state index in [2.05, 4.69) is 45.2 Å². The molecule has 2 aromatic carbocycles. The molecule has 24 heavy (non-hydrogen) atoms. The molecule has 0 aliphatic rings. The minimum atomic E-state index is 0. The Balaban J connectivity index is 0.00000104. The van der Waals surface area contributed by atoms with E-state index in [0.717, 1.165) is 46.8 Å². The molecule has 0 radical (unpaired) electrons. The van der Waals surface area contributed by atoms with E-state index in [1.54, 1.807) is 0 Å². The number of fused-ring (bicyclic) bond motifs is 2. The smallest absolute Gasteiger partial charge is 0.309 e. The van der Waals surface area contributed by atoms with Gasteiger partial charge in [-0.1, -0.05) is 24.3 Å². The van der Waals surface area contributed by atoms with Gasteiger partial charge in [-0.3, -0.25) is 0 Å². The van der Waals surface area contributed by atoms with E-state index < -0.39 is 0 Å². The molecule has 4 N–H and O–H groups in total. The summed E-state index contributed by atoms with van der Waals surface area (Å²) < 4.78 is 0. The van der Waals surface area contributed by atoms with Crippen LogP contribution in [0.1, 0.15) is 11.6 Å². The fraction of sp³-hybridized carbons (Fsp3) is 0.176. The zero-order valence-corrected chi connectivity index (χ0v) is 14.7. The summed E-state index contributed by atoms with van der Waals surface area (Å²) in [5.74, 6) is 2.16. The largest absolute Gasteiger partial charge is 1.00 e. The summed E-state index contributed by atoms with van der Waals surface area (Å²) in [6, 6.07) is 16.4. The number of para-hydroxylation sites is 4. The van der Waals surface area contributed by atoms with E-state index in [1.807, 2.05) is 30.3 Å². The first-order valence-corrected chi connectivity index (χ1v) is 7.52. The predicted octanol–water partition coefficient (Wildman–Crippen LogP) is -4.92. The van der Waals surface area contributed by atoms with Gasteiger partial charge in [-0.15, -0.1) is 0 Å². The Morgan fingerprint density at radius 2 is 1.62 bits per heavy atom. The number of nitrogens with zero attached hydrogens (tertiary/aromatic N) is 1. The summed E-state index contributed by atoms with van der Waals surface area (Å²) in [6.45, 7) is 1.75. The molecule has 2 heterocycles. The second-order valence-electron chi connectivity index (χ2n) is 5.79. The monoisotopic (exact) mass is 363 g/mol. The Bertz CT molecular complexity index is 789. The molecule has 0 bridgehead atoms. The van der Waals surface area contributed by atoms with E-state index in [1.165, 1.54) is 4.90 Å². The van der Waals surface area contributed by atoms with Crippen LogP contribution in [-0.2, 0) is 13.1 Å². The molecule has 7 heteroatoms. The highest BCUT2D eigenvalue weighted by molar-refractivity contribution is 5.74. The number of quaternary nitrogens is 1. The lowest BCUT2D eigenvalue weighted by Crippen LogP contribution is -3.06. The minimum Gasteiger partial charge on any atom is -1.00 e. The molecule has 126 valence electrons. The molecule has 0 aliphatic carbocycles. The first-order chi connectivity index (χ1) is 10.8. The second-order valence-corrected chi connectivity index (χ2v) is 5.79. The number of nitrogens with one attached hydrogen (secondary N) is 4. The average molecular weight is 364 g/mol. The van der Waals surface area contributed by atoms with Crippen molar-refractivity contribution in [1.82, 2.24) is 15.0 Å². The molecule has 5 nitrogen and oxygen atoms in total. The van der Waals surface area contributed by atoms with Crippen LogP contribution in [0.4, 0.5) is 0 Å². The standard InChI is InChI=1S/C17H17N5.2ClH/c1-22(10-16-18-12-6-2-3-7-13(12)19-16)11-17-20-14-8-4-5-9-15(14)21-17;;/h2-9H,10-11H2,1H3,(H,18,19)(H,20,21);2*1H. The topological polar surface area (TPSA) is 63.1 Å². The normalized spacial score (nSPS) is 11.9. The van der Waals surface area contributed by atoms with E-state index in [4.69, 9.17) is 0 Å². The van der Waals surface area contributed by atoms with Gasteiger partial charge in [0.05, 0.1) is 18.1 Å². The first kappa shape index (κ1) is 18.3. The van der Waals surface area contributed by atoms with E-state index in [-0.39, 0.29) is 24.8 Å². The fourth-order valence-electron chi connectivity index (χ4n) is 2.89. The molecule has 0 aliphatic heterocycles. The van der Waals surface area contributed by atoms with Gasteiger partial charge in [0.1, 0.15) is 6.54 Å². The lowest BCUT2D eigenvalue weighted by atomic mass is 10.3. The molecular weight excluding hydrogens is 345 g/mol. The summed E-state index contributed by atoms with van der Waals surface area (Å²) in [6.07, 6.45) is 0. The summed E-state index contributed by atoms with van der Waals surface area (Å²) in [7, 11) is 2.17. The molecule has 0 saturated carbocycles. The van der Waals surface area contributed by atoms with Crippen molar-refractivity contribution in [2.75, 3.05) is 7.05 Å². The van der Waals surface area contributed by atoms with Crippen LogP contribution in [0.2, 0.25) is 0 Å². The zero-order valence-electron chi connectivity index (χ0n) is 13.2. The van der Waals surface area contributed by atoms with Crippen molar-refractivity contribution in [3.63, 3.8) is 0 Å². The van der Waals surface area contributed by atoms with Crippen molar-refractivity contribution in [2.45, 2.75) is 13.1 Å². The third-order valence-electron chi connectivity index (χ3n) is 3.88. The summed E-state index contributed by atoms with van der Waals surface area (Å²) in [4.78, 5) is 16.3. The number of hydrogen-bond acceptors (Lipinski definition) is 1. The molecule has 1 unspecified atom stereocenters. The van der Waals surface area contributed by atoms with Crippen LogP contribution < -0.4 is 34.7 Å². The van der Waals surface area contributed by atoms with Crippen molar-refractivity contribution < 1.29 is 34.7 Å². The van der Waals surface area contributed by atoms with Crippen LogP contribution in [0.3, 0.4) is 0 Å². The molecule has 1 atom stereocenters. The minimum absolute atomic E-state index is 0. The predicted molar refractivity (Wildman–Crippen MR) is 85.2 cm³/mol. The molecule has 0 spiro atoms. The molecule has 2 aromatic heterocycles. The quantitative estimate of drug-likeness (QED) is 0.334. The van der Waals surface area contributed by atoms with Crippen LogP contribution in [0.15, 0.2) is 48.5 Å². The summed E-state index contributed by atoms with van der Waals surface area (Å²) >= 11 is 0. The highest BCUT2D eigenvalue weighted by Crippen LogP contribution is 2.09. The van der Waals surface area contributed by atoms with Gasteiger partial charge in [0.15, 0.2) is 23.4 Å². The maximum absolute atomic E-state index is 4.64. The SMILES string of the molecule is C[NH+](Cc1nc2ccccc2[nH]1)Cc1[nH]c2ccccc2[nH+]1.[Cl-].[Cl-]. The average Bonchev–Trinajstić information content (AvgIpc) is 3.08. The van der Waals surface area contributed by atoms with Crippen LogP contribution in [0.5, 0.6) is 0 Å². The van der Waals surface area contributed by atoms with Crippen LogP contribution in [-0.4, -0.2) is 22.0 Å². The number of halogens is 2. The van der Waals surface area contributed by atoms with Gasteiger partial charge >= 0.3 is 5.82 Å². The third-order valence-corrected chi connectivity index (χ3v) is 3.88. The Hall–Kier alpha value is -2.08. The first-order valence-electron chi connectivity index (χ1n) is 7.52. The van der Waals surface area contributed by atoms with Gasteiger partial charge in [0.25, 0.3) is 0 Å². The van der Waals surface area contributed by atoms with Crippen molar-refractivity contribution in [3.8, 4) is 0 Å². The van der Waals surface area contributed by atoms with Crippen molar-refractivity contribution >= 4 is 22.1 Å². The zero-order chi connectivity index (χ0) is 14.9. The van der Waals surface area contributed by atoms with Crippen LogP contribution >= 0.6 is 0 Å². The Kier molecular flexibility index (Phi) is 5.83. The van der Waals surface area contributed by atoms with Gasteiger partial charge in [0.2, 0.25) is 0 Å². The van der Waals surface area contributed by atoms with E-state index in [9.17, 15) is 0 Å². The van der Waals surface area contributed by atoms with Gasteiger partial charge in [0, 0.05) is 0 Å². The number of H-pyrrole nitrogens is 3. The molecule has 4 aromatic rings. The molecular formula is C17H19Cl2N5. The maximum atomic E-state index is 4.64. The maximum Gasteiger partial charge on any atom is 0.309 e. The highest BCUT2D eigenvalue weighted by Gasteiger charge is 2.15. The second kappa shape index (κ2) is 7.66. The number of imidazole rings is 2. The van der Waals surface area contributed by atoms with Crippen molar-refractivity contribution in [1.29, 1.82) is 0 Å². The third kappa shape index (κ3) is 3.70. The van der Waals surface area contributed by atoms with Gasteiger partial charge < -0.3 is 34.7 Å². The van der Waals surface area contributed by atoms with Crippen molar-refractivity contribution in [3.05, 3.63) is 60.2 Å². The lowest BCUT2D eigenvalue weighted by Gasteiger charge is -2.08. The van der Waals surface area contributed by atoms with Crippen LogP contribution in [0.25, 0.3) is 22.1 Å². The Labute approximate surface area is 152 Å². The number of rotatable bonds is 4. The molecule has 0 saturated heterocycles. The number of aromatic nitrogens is 4. The van der Waals surface area contributed by atoms with Crippen molar-refractivity contribution in [2.24, 2.45) is 0 Å². The fourth-order valence-corrected chi connectivity index (χ4v) is 2.89. The number of hydrogen-bond donors (Lipinski definition) is 3. The molecule has 4 rings (SSSR count). The van der Waals surface area contributed by atoms with Gasteiger partial charge in [-0.25, -0.2) is 15.0 Å². The number of benzene rings is 2. The summed E-state index contributed by atoms with van der Waals surface area (Å²) in [5, 5.41) is 0. The summed E-state index contributed by atoms with van der Waals surface area (Å²) in [5.41, 5.74) is 4.42. The van der Waals surface area contributed by atoms with Gasteiger partial charge in [-0.05, 0) is 24.3 Å². The highest BCUT2D eigenvalue weighted by atomic mass is 35.5. The van der Waals surface area contributed by atoms with Gasteiger partial charge in [-0.2, -0.15) is 0 Å². The Morgan fingerprint density at radius 1 is 0.917 bits per heavy atom. The molecule has 0 fully saturated rings. The van der Waals surface area contributed by atoms with E-state index in [0.29, 0.717) is 0 Å². The lowest BCUT2D eigenvalue weighted by molar-refractivity contribution is -0.912. The van der Waals surface area contributed by atoms with E-state index >= 15 is 0 Å². The van der Waals surface area contributed by atoms with Crippen LogP contribution in [0, 0.1) is 0 Å².